The van der Waals surface area contributed by atoms with Crippen molar-refractivity contribution in [2.24, 2.45) is 0 Å². The number of carbonyl (C=O) groups is 1. The maximum atomic E-state index is 13.1. The molecule has 0 bridgehead atoms. The van der Waals surface area contributed by atoms with E-state index in [-0.39, 0.29) is 0 Å². The maximum Gasteiger partial charge on any atom is 0.405 e. The van der Waals surface area contributed by atoms with Crippen molar-refractivity contribution in [1.82, 2.24) is 5.32 Å². The van der Waals surface area contributed by atoms with Crippen molar-refractivity contribution >= 4 is 15.1 Å². The van der Waals surface area contributed by atoms with Crippen molar-refractivity contribution in [2.75, 3.05) is 12.7 Å². The highest BCUT2D eigenvalue weighted by Gasteiger charge is 2.48. The number of fused-ring (bicyclic) bond motifs is 3. The first-order valence-electron chi connectivity index (χ1n) is 8.64. The van der Waals surface area contributed by atoms with Gasteiger partial charge in [-0.05, 0) is 41.3 Å². The van der Waals surface area contributed by atoms with Gasteiger partial charge in [-0.3, -0.25) is 4.79 Å². The van der Waals surface area contributed by atoms with Crippen LogP contribution in [0.15, 0.2) is 48.5 Å². The maximum absolute atomic E-state index is 13.1. The summed E-state index contributed by atoms with van der Waals surface area (Å²) >= 11 is 0. The Morgan fingerprint density at radius 2 is 1.50 bits per heavy atom. The first-order valence-corrected chi connectivity index (χ1v) is 9.46. The third-order valence-corrected chi connectivity index (χ3v) is 5.32. The van der Waals surface area contributed by atoms with E-state index in [9.17, 15) is 18.0 Å². The lowest BCUT2D eigenvalue weighted by Gasteiger charge is -2.31. The van der Waals surface area contributed by atoms with Gasteiger partial charge in [-0.15, -0.1) is 9.24 Å². The topological polar surface area (TPSA) is 29.1 Å². The van der Waals surface area contributed by atoms with E-state index in [0.29, 0.717) is 6.42 Å². The van der Waals surface area contributed by atoms with E-state index in [2.05, 4.69) is 14.6 Å². The molecule has 1 atom stereocenters. The molecule has 0 saturated heterocycles. The molecule has 0 heterocycles. The number of rotatable bonds is 6. The predicted molar refractivity (Wildman–Crippen MR) is 100 cm³/mol. The van der Waals surface area contributed by atoms with E-state index >= 15 is 0 Å². The average Bonchev–Trinajstić information content (AvgIpc) is 2.91. The van der Waals surface area contributed by atoms with Crippen LogP contribution in [0.5, 0.6) is 0 Å². The largest absolute Gasteiger partial charge is 0.405 e. The molecule has 138 valence electrons. The number of halogens is 3. The van der Waals surface area contributed by atoms with Crippen LogP contribution in [0.1, 0.15) is 30.4 Å². The van der Waals surface area contributed by atoms with Gasteiger partial charge in [0.15, 0.2) is 0 Å². The number of unbranched alkanes of at least 4 members (excludes halogenated alkanes) is 1. The molecule has 3 rings (SSSR count). The summed E-state index contributed by atoms with van der Waals surface area (Å²) in [7, 11) is 2.65. The normalized spacial score (nSPS) is 14.6. The summed E-state index contributed by atoms with van der Waals surface area (Å²) in [4.78, 5) is 13.1. The fourth-order valence-corrected chi connectivity index (χ4v) is 4.11. The Morgan fingerprint density at radius 3 is 2.00 bits per heavy atom. The fraction of sp³-hybridized carbons (Fsp3) is 0.350. The molecule has 2 aromatic rings. The lowest BCUT2D eigenvalue weighted by atomic mass is 9.73. The van der Waals surface area contributed by atoms with Crippen molar-refractivity contribution in [3.05, 3.63) is 59.7 Å². The van der Waals surface area contributed by atoms with Crippen LogP contribution in [0.4, 0.5) is 13.2 Å². The van der Waals surface area contributed by atoms with Gasteiger partial charge in [0.25, 0.3) is 0 Å². The SMILES string of the molecule is O=C(NCC(F)(F)F)C1(CCCCP)c2ccccc2-c2ccccc21. The number of benzene rings is 2. The van der Waals surface area contributed by atoms with Crippen molar-refractivity contribution in [3.8, 4) is 11.1 Å². The molecule has 0 saturated carbocycles. The summed E-state index contributed by atoms with van der Waals surface area (Å²) in [6.45, 7) is -1.32. The first kappa shape index (κ1) is 18.9. The second-order valence-electron chi connectivity index (χ2n) is 6.54. The van der Waals surface area contributed by atoms with Crippen molar-refractivity contribution in [2.45, 2.75) is 30.9 Å². The van der Waals surface area contributed by atoms with Crippen LogP contribution in [0, 0.1) is 0 Å². The van der Waals surface area contributed by atoms with Crippen LogP contribution in [0.3, 0.4) is 0 Å². The molecule has 1 aliphatic rings. The highest BCUT2D eigenvalue weighted by molar-refractivity contribution is 7.16. The molecule has 0 radical (unpaired) electrons. The van der Waals surface area contributed by atoms with E-state index in [0.717, 1.165) is 41.3 Å². The van der Waals surface area contributed by atoms with Crippen LogP contribution in [0.2, 0.25) is 0 Å². The highest BCUT2D eigenvalue weighted by atomic mass is 31.0. The summed E-state index contributed by atoms with van der Waals surface area (Å²) in [5.74, 6) is -0.573. The lowest BCUT2D eigenvalue weighted by molar-refractivity contribution is -0.141. The van der Waals surface area contributed by atoms with Gasteiger partial charge in [0.05, 0.1) is 0 Å². The third kappa shape index (κ3) is 3.37. The molecule has 26 heavy (non-hydrogen) atoms. The molecule has 1 N–H and O–H groups in total. The lowest BCUT2D eigenvalue weighted by Crippen LogP contribution is -2.47. The summed E-state index contributed by atoms with van der Waals surface area (Å²) in [6.07, 6.45) is -1.41. The van der Waals surface area contributed by atoms with Crippen LogP contribution < -0.4 is 5.32 Å². The first-order chi connectivity index (χ1) is 12.4. The van der Waals surface area contributed by atoms with Crippen LogP contribution >= 0.6 is 9.24 Å². The minimum absolute atomic E-state index is 0.485. The Morgan fingerprint density at radius 1 is 0.962 bits per heavy atom. The zero-order valence-electron chi connectivity index (χ0n) is 14.3. The Labute approximate surface area is 153 Å². The Kier molecular flexibility index (Phi) is 5.38. The molecule has 0 aromatic heterocycles. The molecule has 0 aliphatic heterocycles. The number of nitrogens with one attached hydrogen (secondary N) is 1. The van der Waals surface area contributed by atoms with Crippen LogP contribution in [-0.4, -0.2) is 24.8 Å². The Balaban J connectivity index is 2.09. The van der Waals surface area contributed by atoms with E-state index < -0.39 is 24.0 Å². The molecule has 1 unspecified atom stereocenters. The quantitative estimate of drug-likeness (QED) is 0.573. The Bertz CT molecular complexity index is 758. The van der Waals surface area contributed by atoms with Gasteiger partial charge in [-0.1, -0.05) is 55.0 Å². The summed E-state index contributed by atoms with van der Waals surface area (Å²) < 4.78 is 38.1. The van der Waals surface area contributed by atoms with Gasteiger partial charge in [-0.25, -0.2) is 0 Å². The average molecular weight is 379 g/mol. The van der Waals surface area contributed by atoms with Crippen molar-refractivity contribution in [3.63, 3.8) is 0 Å². The zero-order chi connectivity index (χ0) is 18.8. The highest BCUT2D eigenvalue weighted by Crippen LogP contribution is 2.51. The molecule has 2 nitrogen and oxygen atoms in total. The summed E-state index contributed by atoms with van der Waals surface area (Å²) in [6, 6.07) is 15.1. The second-order valence-corrected chi connectivity index (χ2v) is 7.12. The number of hydrogen-bond acceptors (Lipinski definition) is 1. The standard InChI is InChI=1S/C20H21F3NOP/c21-20(22,23)13-24-18(25)19(11-5-6-12-26)16-9-3-1-7-14(16)15-8-2-4-10-17(15)19/h1-4,7-10H,5-6,11-13,26H2,(H,24,25). The summed E-state index contributed by atoms with van der Waals surface area (Å²) in [5.41, 5.74) is 2.37. The molecule has 1 amide bonds. The van der Waals surface area contributed by atoms with Crippen LogP contribution in [0.25, 0.3) is 11.1 Å². The molecular weight excluding hydrogens is 358 g/mol. The number of carbonyl (C=O) groups excluding carboxylic acids is 1. The second kappa shape index (κ2) is 7.40. The van der Waals surface area contributed by atoms with Gasteiger partial charge in [0, 0.05) is 0 Å². The number of alkyl halides is 3. The molecule has 1 aliphatic carbocycles. The minimum atomic E-state index is -4.44. The van der Waals surface area contributed by atoms with Gasteiger partial charge in [-0.2, -0.15) is 13.2 Å². The van der Waals surface area contributed by atoms with Gasteiger partial charge in [0.1, 0.15) is 12.0 Å². The Hall–Kier alpha value is -1.87. The number of amides is 1. The number of hydrogen-bond donors (Lipinski definition) is 1. The zero-order valence-corrected chi connectivity index (χ0v) is 15.4. The molecule has 6 heteroatoms. The monoisotopic (exact) mass is 379 g/mol. The molecule has 2 aromatic carbocycles. The molecular formula is C20H21F3NOP. The van der Waals surface area contributed by atoms with Crippen molar-refractivity contribution in [1.29, 1.82) is 0 Å². The third-order valence-electron chi connectivity index (χ3n) is 4.91. The van der Waals surface area contributed by atoms with E-state index in [1.807, 2.05) is 48.5 Å². The molecule has 0 spiro atoms. The van der Waals surface area contributed by atoms with E-state index in [1.54, 1.807) is 0 Å². The van der Waals surface area contributed by atoms with Gasteiger partial charge >= 0.3 is 6.18 Å². The fourth-order valence-electron chi connectivity index (χ4n) is 3.82. The van der Waals surface area contributed by atoms with E-state index in [1.165, 1.54) is 0 Å². The predicted octanol–water partition coefficient (Wildman–Crippen LogP) is 4.68. The van der Waals surface area contributed by atoms with Crippen molar-refractivity contribution < 1.29 is 18.0 Å². The van der Waals surface area contributed by atoms with E-state index in [4.69, 9.17) is 0 Å². The minimum Gasteiger partial charge on any atom is -0.346 e. The molecule has 0 fully saturated rings. The smallest absolute Gasteiger partial charge is 0.346 e. The van der Waals surface area contributed by atoms with Gasteiger partial charge in [0.2, 0.25) is 5.91 Å². The van der Waals surface area contributed by atoms with Crippen LogP contribution in [-0.2, 0) is 10.2 Å². The summed E-state index contributed by atoms with van der Waals surface area (Å²) in [5, 5.41) is 2.14. The van der Waals surface area contributed by atoms with Gasteiger partial charge < -0.3 is 5.32 Å².